The van der Waals surface area contributed by atoms with Crippen molar-refractivity contribution in [3.8, 4) is 0 Å². The molecule has 104 valence electrons. The van der Waals surface area contributed by atoms with E-state index in [1.165, 1.54) is 6.92 Å². The Hall–Kier alpha value is -1.59. The number of hydrogen-bond acceptors (Lipinski definition) is 3. The van der Waals surface area contributed by atoms with Crippen LogP contribution in [0, 0.1) is 0 Å². The maximum absolute atomic E-state index is 11.7. The third-order valence-electron chi connectivity index (χ3n) is 2.94. The topological polar surface area (TPSA) is 84.2 Å². The lowest BCUT2D eigenvalue weighted by atomic mass is 10.2. The van der Waals surface area contributed by atoms with Crippen molar-refractivity contribution in [2.45, 2.75) is 31.8 Å². The molecule has 1 fully saturated rings. The van der Waals surface area contributed by atoms with Crippen molar-refractivity contribution in [1.82, 2.24) is 5.32 Å². The minimum absolute atomic E-state index is 0. The lowest BCUT2D eigenvalue weighted by Gasteiger charge is -2.11. The van der Waals surface area contributed by atoms with Gasteiger partial charge in [-0.15, -0.1) is 12.4 Å². The molecule has 6 heteroatoms. The molecule has 0 aromatic heterocycles. The monoisotopic (exact) mass is 283 g/mol. The number of benzene rings is 1. The number of carbonyl (C=O) groups excluding carboxylic acids is 2. The summed E-state index contributed by atoms with van der Waals surface area (Å²) in [5, 5.41) is 5.50. The van der Waals surface area contributed by atoms with Gasteiger partial charge >= 0.3 is 0 Å². The van der Waals surface area contributed by atoms with Crippen molar-refractivity contribution in [3.05, 3.63) is 29.8 Å². The number of nitrogens with two attached hydrogens (primary N) is 1. The number of rotatable bonds is 4. The van der Waals surface area contributed by atoms with E-state index in [1.807, 2.05) is 18.2 Å². The van der Waals surface area contributed by atoms with Crippen LogP contribution in [0.4, 0.5) is 5.69 Å². The summed E-state index contributed by atoms with van der Waals surface area (Å²) in [4.78, 5) is 22.6. The molecule has 0 aliphatic heterocycles. The van der Waals surface area contributed by atoms with Crippen LogP contribution in [0.5, 0.6) is 0 Å². The molecule has 4 N–H and O–H groups in total. The highest BCUT2D eigenvalue weighted by atomic mass is 35.5. The fourth-order valence-corrected chi connectivity index (χ4v) is 1.68. The van der Waals surface area contributed by atoms with Gasteiger partial charge in [0.05, 0.1) is 5.54 Å². The highest BCUT2D eigenvalue weighted by Crippen LogP contribution is 2.32. The maximum Gasteiger partial charge on any atom is 0.240 e. The second kappa shape index (κ2) is 6.04. The third kappa shape index (κ3) is 4.22. The van der Waals surface area contributed by atoms with E-state index in [0.29, 0.717) is 6.54 Å². The van der Waals surface area contributed by atoms with E-state index < -0.39 is 5.54 Å². The average Bonchev–Trinajstić information content (AvgIpc) is 3.05. The van der Waals surface area contributed by atoms with E-state index in [0.717, 1.165) is 24.1 Å². The van der Waals surface area contributed by atoms with Gasteiger partial charge in [0.15, 0.2) is 0 Å². The molecule has 2 rings (SSSR count). The molecular formula is C13H18ClN3O2. The summed E-state index contributed by atoms with van der Waals surface area (Å²) in [6.07, 6.45) is 1.51. The van der Waals surface area contributed by atoms with Crippen molar-refractivity contribution in [1.29, 1.82) is 0 Å². The lowest BCUT2D eigenvalue weighted by molar-refractivity contribution is -0.123. The first kappa shape index (κ1) is 15.5. The van der Waals surface area contributed by atoms with Crippen molar-refractivity contribution >= 4 is 29.9 Å². The second-order valence-electron chi connectivity index (χ2n) is 4.72. The van der Waals surface area contributed by atoms with Gasteiger partial charge in [-0.3, -0.25) is 9.59 Å². The van der Waals surface area contributed by atoms with Gasteiger partial charge in [-0.05, 0) is 30.5 Å². The highest BCUT2D eigenvalue weighted by Gasteiger charge is 2.45. The summed E-state index contributed by atoms with van der Waals surface area (Å²) in [5.41, 5.74) is 6.79. The molecule has 0 unspecified atom stereocenters. The summed E-state index contributed by atoms with van der Waals surface area (Å²) in [7, 11) is 0. The van der Waals surface area contributed by atoms with E-state index >= 15 is 0 Å². The van der Waals surface area contributed by atoms with Gasteiger partial charge in [0.2, 0.25) is 11.8 Å². The Morgan fingerprint density at radius 2 is 2.05 bits per heavy atom. The summed E-state index contributed by atoms with van der Waals surface area (Å²) < 4.78 is 0. The number of halogens is 1. The van der Waals surface area contributed by atoms with Crippen LogP contribution in [0.3, 0.4) is 0 Å². The lowest BCUT2D eigenvalue weighted by Crippen LogP contribution is -2.42. The van der Waals surface area contributed by atoms with Crippen LogP contribution in [0.15, 0.2) is 24.3 Å². The molecule has 0 spiro atoms. The number of anilines is 1. The second-order valence-corrected chi connectivity index (χ2v) is 4.72. The molecule has 0 radical (unpaired) electrons. The van der Waals surface area contributed by atoms with Crippen molar-refractivity contribution in [2.75, 3.05) is 5.32 Å². The number of nitrogens with one attached hydrogen (secondary N) is 2. The van der Waals surface area contributed by atoms with Gasteiger partial charge in [-0.1, -0.05) is 12.1 Å². The van der Waals surface area contributed by atoms with Crippen LogP contribution in [0.1, 0.15) is 25.3 Å². The highest BCUT2D eigenvalue weighted by molar-refractivity contribution is 5.89. The van der Waals surface area contributed by atoms with Gasteiger partial charge in [-0.25, -0.2) is 0 Å². The molecule has 2 amide bonds. The Kier molecular flexibility index (Phi) is 4.91. The number of hydrogen-bond donors (Lipinski definition) is 3. The average molecular weight is 284 g/mol. The molecular weight excluding hydrogens is 266 g/mol. The predicted molar refractivity (Wildman–Crippen MR) is 76.0 cm³/mol. The van der Waals surface area contributed by atoms with E-state index in [-0.39, 0.29) is 24.2 Å². The maximum atomic E-state index is 11.7. The number of amides is 2. The van der Waals surface area contributed by atoms with E-state index in [4.69, 9.17) is 5.73 Å². The van der Waals surface area contributed by atoms with Crippen molar-refractivity contribution in [3.63, 3.8) is 0 Å². The number of carbonyl (C=O) groups is 2. The summed E-state index contributed by atoms with van der Waals surface area (Å²) in [6, 6.07) is 7.36. The van der Waals surface area contributed by atoms with Gasteiger partial charge in [0, 0.05) is 19.2 Å². The standard InChI is InChI=1S/C13H17N3O2.ClH/c1-9(17)16-11-4-2-3-10(7-11)8-15-12(18)13(14)5-6-13;/h2-4,7H,5-6,8,14H2,1H3,(H,15,18)(H,16,17);1H. The summed E-state index contributed by atoms with van der Waals surface area (Å²) in [6.45, 7) is 1.88. The van der Waals surface area contributed by atoms with Crippen LogP contribution >= 0.6 is 12.4 Å². The van der Waals surface area contributed by atoms with Crippen LogP contribution in [0.2, 0.25) is 0 Å². The molecule has 1 aliphatic carbocycles. The molecule has 1 saturated carbocycles. The first-order valence-corrected chi connectivity index (χ1v) is 5.93. The SMILES string of the molecule is CC(=O)Nc1cccc(CNC(=O)C2(N)CC2)c1.Cl. The van der Waals surface area contributed by atoms with E-state index in [2.05, 4.69) is 10.6 Å². The molecule has 0 heterocycles. The Labute approximate surface area is 118 Å². The normalized spacial score (nSPS) is 15.1. The van der Waals surface area contributed by atoms with Crippen molar-refractivity contribution in [2.24, 2.45) is 5.73 Å². The zero-order chi connectivity index (χ0) is 13.2. The molecule has 0 bridgehead atoms. The minimum atomic E-state index is -0.644. The quantitative estimate of drug-likeness (QED) is 0.776. The molecule has 0 atom stereocenters. The Balaban J connectivity index is 0.00000180. The zero-order valence-corrected chi connectivity index (χ0v) is 11.5. The van der Waals surface area contributed by atoms with Crippen LogP contribution in [-0.4, -0.2) is 17.4 Å². The van der Waals surface area contributed by atoms with Crippen LogP contribution in [0.25, 0.3) is 0 Å². The van der Waals surface area contributed by atoms with Gasteiger partial charge in [-0.2, -0.15) is 0 Å². The fourth-order valence-electron chi connectivity index (χ4n) is 1.68. The van der Waals surface area contributed by atoms with E-state index in [1.54, 1.807) is 6.07 Å². The van der Waals surface area contributed by atoms with Gasteiger partial charge in [0.25, 0.3) is 0 Å². The molecule has 0 saturated heterocycles. The van der Waals surface area contributed by atoms with Gasteiger partial charge in [0.1, 0.15) is 0 Å². The van der Waals surface area contributed by atoms with Crippen molar-refractivity contribution < 1.29 is 9.59 Å². The zero-order valence-electron chi connectivity index (χ0n) is 10.7. The largest absolute Gasteiger partial charge is 0.350 e. The predicted octanol–water partition coefficient (Wildman–Crippen LogP) is 1.17. The Bertz CT molecular complexity index is 487. The third-order valence-corrected chi connectivity index (χ3v) is 2.94. The first-order valence-electron chi connectivity index (χ1n) is 5.93. The first-order chi connectivity index (χ1) is 8.49. The van der Waals surface area contributed by atoms with Gasteiger partial charge < -0.3 is 16.4 Å². The molecule has 19 heavy (non-hydrogen) atoms. The molecule has 1 aliphatic rings. The van der Waals surface area contributed by atoms with Crippen LogP contribution < -0.4 is 16.4 Å². The summed E-state index contributed by atoms with van der Waals surface area (Å²) in [5.74, 6) is -0.220. The minimum Gasteiger partial charge on any atom is -0.350 e. The fraction of sp³-hybridized carbons (Fsp3) is 0.385. The molecule has 5 nitrogen and oxygen atoms in total. The smallest absolute Gasteiger partial charge is 0.240 e. The van der Waals surface area contributed by atoms with Crippen LogP contribution in [-0.2, 0) is 16.1 Å². The Morgan fingerprint density at radius 3 is 2.63 bits per heavy atom. The van der Waals surface area contributed by atoms with E-state index in [9.17, 15) is 9.59 Å². The Morgan fingerprint density at radius 1 is 1.37 bits per heavy atom. The molecule has 1 aromatic carbocycles. The summed E-state index contributed by atoms with van der Waals surface area (Å²) >= 11 is 0. The molecule has 1 aromatic rings.